The molecule has 2 aliphatic rings. The Balaban J connectivity index is 1.79. The summed E-state index contributed by atoms with van der Waals surface area (Å²) in [5.41, 5.74) is 1.62. The van der Waals surface area contributed by atoms with Gasteiger partial charge in [0.05, 0.1) is 6.54 Å². The number of rotatable bonds is 0. The molecule has 1 atom stereocenters. The Labute approximate surface area is 144 Å². The van der Waals surface area contributed by atoms with E-state index in [9.17, 15) is 9.59 Å². The molecule has 5 nitrogen and oxygen atoms in total. The molecule has 1 saturated heterocycles. The number of ether oxygens (including phenoxy) is 1. The average molecular weight is 381 g/mol. The summed E-state index contributed by atoms with van der Waals surface area (Å²) in [5.74, 6) is 0.156. The first-order valence-electron chi connectivity index (χ1n) is 7.80. The van der Waals surface area contributed by atoms with E-state index in [2.05, 4.69) is 20.8 Å². The fourth-order valence-electron chi connectivity index (χ4n) is 3.12. The van der Waals surface area contributed by atoms with Gasteiger partial charge in [0.15, 0.2) is 5.78 Å². The number of amides is 1. The van der Waals surface area contributed by atoms with E-state index in [1.54, 1.807) is 4.90 Å². The molecule has 1 aromatic rings. The molecule has 1 aromatic carbocycles. The Kier molecular flexibility index (Phi) is 4.12. The van der Waals surface area contributed by atoms with Crippen LogP contribution in [0.4, 0.5) is 10.5 Å². The minimum Gasteiger partial charge on any atom is -0.444 e. The predicted octanol–water partition coefficient (Wildman–Crippen LogP) is 3.00. The lowest BCUT2D eigenvalue weighted by molar-refractivity contribution is -0.120. The van der Waals surface area contributed by atoms with Crippen LogP contribution in [0.25, 0.3) is 0 Å². The van der Waals surface area contributed by atoms with Gasteiger partial charge in [-0.1, -0.05) is 15.9 Å². The number of fused-ring (bicyclic) bond motifs is 3. The molecule has 0 aromatic heterocycles. The van der Waals surface area contributed by atoms with Crippen LogP contribution in [0.1, 0.15) is 26.3 Å². The Bertz CT molecular complexity index is 654. The highest BCUT2D eigenvalue weighted by atomic mass is 79.9. The molecule has 0 bridgehead atoms. The van der Waals surface area contributed by atoms with Crippen LogP contribution in [0.15, 0.2) is 22.7 Å². The van der Waals surface area contributed by atoms with Gasteiger partial charge >= 0.3 is 6.09 Å². The van der Waals surface area contributed by atoms with Gasteiger partial charge in [-0.2, -0.15) is 0 Å². The summed E-state index contributed by atoms with van der Waals surface area (Å²) >= 11 is 3.46. The molecule has 0 unspecified atom stereocenters. The van der Waals surface area contributed by atoms with E-state index in [4.69, 9.17) is 4.74 Å². The van der Waals surface area contributed by atoms with Crippen molar-refractivity contribution in [1.82, 2.24) is 4.90 Å². The number of carbonyl (C=O) groups excluding carboxylic acids is 2. The van der Waals surface area contributed by atoms with Gasteiger partial charge in [-0.05, 0) is 44.5 Å². The molecule has 6 heteroatoms. The third kappa shape index (κ3) is 3.37. The molecular weight excluding hydrogens is 360 g/mol. The molecule has 124 valence electrons. The fraction of sp³-hybridized carbons (Fsp3) is 0.529. The SMILES string of the molecule is CC(C)(C)OC(=O)N1CCN2c3ccc(Br)cc3CC(=O)[C@@H]2C1. The number of Topliss-reactive ketones (excluding diaryl/α,β-unsaturated/α-hetero) is 1. The lowest BCUT2D eigenvalue weighted by Gasteiger charge is -2.45. The van der Waals surface area contributed by atoms with Gasteiger partial charge in [0.25, 0.3) is 0 Å². The smallest absolute Gasteiger partial charge is 0.410 e. The standard InChI is InChI=1S/C17H21BrN2O3/c1-17(2,3)23-16(22)19-6-7-20-13-5-4-12(18)8-11(13)9-15(21)14(20)10-19/h4-5,8,14H,6-7,9-10H2,1-3H3/t14-/m0/s1. The number of anilines is 1. The van der Waals surface area contributed by atoms with Gasteiger partial charge in [-0.15, -0.1) is 0 Å². The number of halogens is 1. The van der Waals surface area contributed by atoms with Crippen LogP contribution in [-0.2, 0) is 16.0 Å². The zero-order valence-corrected chi connectivity index (χ0v) is 15.2. The summed E-state index contributed by atoms with van der Waals surface area (Å²) in [6.07, 6.45) is 0.0736. The van der Waals surface area contributed by atoms with Gasteiger partial charge in [0.1, 0.15) is 11.6 Å². The van der Waals surface area contributed by atoms with E-state index >= 15 is 0 Å². The fourth-order valence-corrected chi connectivity index (χ4v) is 3.53. The zero-order chi connectivity index (χ0) is 16.8. The van der Waals surface area contributed by atoms with Crippen molar-refractivity contribution in [3.8, 4) is 0 Å². The third-order valence-corrected chi connectivity index (χ3v) is 4.61. The van der Waals surface area contributed by atoms with Gasteiger partial charge < -0.3 is 14.5 Å². The molecule has 3 rings (SSSR count). The maximum atomic E-state index is 12.5. The number of carbonyl (C=O) groups is 2. The molecule has 1 fully saturated rings. The first-order valence-corrected chi connectivity index (χ1v) is 8.59. The number of nitrogens with zero attached hydrogens (tertiary/aromatic N) is 2. The van der Waals surface area contributed by atoms with Crippen molar-refractivity contribution in [3.05, 3.63) is 28.2 Å². The average Bonchev–Trinajstić information content (AvgIpc) is 2.45. The first-order chi connectivity index (χ1) is 10.7. The molecule has 23 heavy (non-hydrogen) atoms. The lowest BCUT2D eigenvalue weighted by atomic mass is 9.93. The van der Waals surface area contributed by atoms with Gasteiger partial charge in [-0.25, -0.2) is 4.79 Å². The molecule has 0 saturated carbocycles. The molecule has 2 heterocycles. The van der Waals surface area contributed by atoms with E-state index < -0.39 is 5.60 Å². The van der Waals surface area contributed by atoms with Crippen LogP contribution in [0.2, 0.25) is 0 Å². The van der Waals surface area contributed by atoms with E-state index in [0.29, 0.717) is 26.1 Å². The molecule has 1 amide bonds. The highest BCUT2D eigenvalue weighted by Crippen LogP contribution is 2.33. The van der Waals surface area contributed by atoms with Crippen LogP contribution in [0, 0.1) is 0 Å². The second-order valence-corrected chi connectivity index (χ2v) is 7.97. The van der Waals surface area contributed by atoms with Gasteiger partial charge in [0.2, 0.25) is 0 Å². The minimum absolute atomic E-state index is 0.156. The van der Waals surface area contributed by atoms with Crippen molar-refractivity contribution in [1.29, 1.82) is 0 Å². The van der Waals surface area contributed by atoms with E-state index in [1.165, 1.54) is 0 Å². The minimum atomic E-state index is -0.524. The van der Waals surface area contributed by atoms with E-state index in [-0.39, 0.29) is 17.9 Å². The molecule has 0 spiro atoms. The topological polar surface area (TPSA) is 49.9 Å². The second kappa shape index (κ2) is 5.82. The van der Waals surface area contributed by atoms with Gasteiger partial charge in [0, 0.05) is 29.7 Å². The summed E-state index contributed by atoms with van der Waals surface area (Å²) < 4.78 is 6.41. The number of piperazine rings is 1. The summed E-state index contributed by atoms with van der Waals surface area (Å²) in [4.78, 5) is 28.5. The van der Waals surface area contributed by atoms with E-state index in [1.807, 2.05) is 39.0 Å². The number of ketones is 1. The van der Waals surface area contributed by atoms with Crippen molar-refractivity contribution < 1.29 is 14.3 Å². The monoisotopic (exact) mass is 380 g/mol. The zero-order valence-electron chi connectivity index (χ0n) is 13.6. The molecule has 0 N–H and O–H groups in total. The van der Waals surface area contributed by atoms with Crippen molar-refractivity contribution in [2.45, 2.75) is 38.8 Å². The Morgan fingerprint density at radius 3 is 2.74 bits per heavy atom. The maximum absolute atomic E-state index is 12.5. The van der Waals surface area contributed by atoms with Crippen molar-refractivity contribution in [2.75, 3.05) is 24.5 Å². The van der Waals surface area contributed by atoms with Gasteiger partial charge in [-0.3, -0.25) is 4.79 Å². The molecule has 0 radical (unpaired) electrons. The van der Waals surface area contributed by atoms with Crippen molar-refractivity contribution in [2.24, 2.45) is 0 Å². The first kappa shape index (κ1) is 16.3. The normalized spacial score (nSPS) is 20.9. The molecule has 2 aliphatic heterocycles. The predicted molar refractivity (Wildman–Crippen MR) is 91.8 cm³/mol. The quantitative estimate of drug-likeness (QED) is 0.693. The summed E-state index contributed by atoms with van der Waals surface area (Å²) in [5, 5.41) is 0. The lowest BCUT2D eigenvalue weighted by Crippen LogP contribution is -2.60. The maximum Gasteiger partial charge on any atom is 0.410 e. The van der Waals surface area contributed by atoms with Crippen LogP contribution in [0.3, 0.4) is 0 Å². The number of benzene rings is 1. The largest absolute Gasteiger partial charge is 0.444 e. The van der Waals surface area contributed by atoms with Crippen LogP contribution in [0.5, 0.6) is 0 Å². The summed E-state index contributed by atoms with van der Waals surface area (Å²) in [6.45, 7) is 7.14. The Morgan fingerprint density at radius 1 is 1.30 bits per heavy atom. The Hall–Kier alpha value is -1.56. The highest BCUT2D eigenvalue weighted by Gasteiger charge is 2.39. The van der Waals surface area contributed by atoms with Crippen molar-refractivity contribution in [3.63, 3.8) is 0 Å². The summed E-state index contributed by atoms with van der Waals surface area (Å²) in [6, 6.07) is 5.77. The Morgan fingerprint density at radius 2 is 2.04 bits per heavy atom. The van der Waals surface area contributed by atoms with E-state index in [0.717, 1.165) is 15.7 Å². The van der Waals surface area contributed by atoms with Crippen LogP contribution < -0.4 is 4.90 Å². The highest BCUT2D eigenvalue weighted by molar-refractivity contribution is 9.10. The third-order valence-electron chi connectivity index (χ3n) is 4.12. The summed E-state index contributed by atoms with van der Waals surface area (Å²) in [7, 11) is 0. The van der Waals surface area contributed by atoms with Crippen LogP contribution in [-0.4, -0.2) is 48.1 Å². The number of hydrogen-bond donors (Lipinski definition) is 0. The van der Waals surface area contributed by atoms with Crippen LogP contribution >= 0.6 is 15.9 Å². The molecule has 0 aliphatic carbocycles. The number of hydrogen-bond acceptors (Lipinski definition) is 4. The molecular formula is C17H21BrN2O3. The van der Waals surface area contributed by atoms with Crippen molar-refractivity contribution >= 4 is 33.5 Å². The second-order valence-electron chi connectivity index (χ2n) is 7.05.